The molecule has 0 spiro atoms. The van der Waals surface area contributed by atoms with E-state index >= 15 is 0 Å². The molecular weight excluding hydrogens is 208 g/mol. The van der Waals surface area contributed by atoms with Crippen LogP contribution in [0.4, 0.5) is 0 Å². The van der Waals surface area contributed by atoms with Crippen LogP contribution in [0.5, 0.6) is 0 Å². The Morgan fingerprint density at radius 1 is 1.40 bits per heavy atom. The second-order valence-electron chi connectivity index (χ2n) is 4.96. The largest absolute Gasteiger partial charge is 0.390 e. The highest BCUT2D eigenvalue weighted by molar-refractivity contribution is 7.86. The smallest absolute Gasteiger partial charge is 0.0670 e. The third kappa shape index (κ3) is 2.34. The fourth-order valence-corrected chi connectivity index (χ4v) is 5.19. The van der Waals surface area contributed by atoms with Gasteiger partial charge in [-0.3, -0.25) is 4.21 Å². The standard InChI is InChI=1S/C12H20O2S/c1-2-3-4-7-12(13)8-10-5-6-11(9-12)15(10)14/h2,10-11,13H,1,3-9H2. The van der Waals surface area contributed by atoms with Crippen LogP contribution in [0.15, 0.2) is 12.7 Å². The van der Waals surface area contributed by atoms with Crippen molar-refractivity contribution in [3.05, 3.63) is 12.7 Å². The number of fused-ring (bicyclic) bond motifs is 2. The van der Waals surface area contributed by atoms with Gasteiger partial charge in [0.05, 0.1) is 5.60 Å². The van der Waals surface area contributed by atoms with E-state index in [0.29, 0.717) is 0 Å². The van der Waals surface area contributed by atoms with Crippen LogP contribution in [0.25, 0.3) is 0 Å². The lowest BCUT2D eigenvalue weighted by Crippen LogP contribution is -2.42. The van der Waals surface area contributed by atoms with Crippen molar-refractivity contribution in [2.24, 2.45) is 0 Å². The first-order valence-electron chi connectivity index (χ1n) is 5.87. The highest BCUT2D eigenvalue weighted by Gasteiger charge is 2.46. The molecule has 2 rings (SSSR count). The molecule has 0 radical (unpaired) electrons. The van der Waals surface area contributed by atoms with Crippen LogP contribution >= 0.6 is 0 Å². The van der Waals surface area contributed by atoms with Gasteiger partial charge in [0.15, 0.2) is 0 Å². The molecule has 2 heterocycles. The quantitative estimate of drug-likeness (QED) is 0.591. The molecule has 86 valence electrons. The zero-order chi connectivity index (χ0) is 10.9. The zero-order valence-corrected chi connectivity index (χ0v) is 9.97. The Balaban J connectivity index is 1.94. The van der Waals surface area contributed by atoms with Crippen LogP contribution in [0.2, 0.25) is 0 Å². The van der Waals surface area contributed by atoms with Gasteiger partial charge in [-0.25, -0.2) is 0 Å². The van der Waals surface area contributed by atoms with Crippen LogP contribution < -0.4 is 0 Å². The van der Waals surface area contributed by atoms with Gasteiger partial charge in [0.2, 0.25) is 0 Å². The molecule has 2 atom stereocenters. The summed E-state index contributed by atoms with van der Waals surface area (Å²) in [6.07, 6.45) is 8.36. The maximum atomic E-state index is 11.8. The minimum absolute atomic E-state index is 0.275. The van der Waals surface area contributed by atoms with Crippen LogP contribution in [-0.2, 0) is 10.8 Å². The van der Waals surface area contributed by atoms with E-state index in [4.69, 9.17) is 0 Å². The number of aliphatic hydroxyl groups is 1. The Labute approximate surface area is 94.2 Å². The Bertz CT molecular complexity index is 259. The molecule has 2 aliphatic heterocycles. The Hall–Kier alpha value is -0.150. The molecule has 1 N–H and O–H groups in total. The van der Waals surface area contributed by atoms with Gasteiger partial charge in [0, 0.05) is 21.3 Å². The Morgan fingerprint density at radius 2 is 2.00 bits per heavy atom. The molecule has 0 aliphatic carbocycles. The normalized spacial score (nSPS) is 44.2. The summed E-state index contributed by atoms with van der Waals surface area (Å²) in [6.45, 7) is 3.69. The first-order valence-corrected chi connectivity index (χ1v) is 7.15. The summed E-state index contributed by atoms with van der Waals surface area (Å²) < 4.78 is 11.8. The molecule has 2 fully saturated rings. The van der Waals surface area contributed by atoms with E-state index in [2.05, 4.69) is 6.58 Å². The summed E-state index contributed by atoms with van der Waals surface area (Å²) in [6, 6.07) is 0. The van der Waals surface area contributed by atoms with Crippen molar-refractivity contribution in [3.63, 3.8) is 0 Å². The van der Waals surface area contributed by atoms with Crippen molar-refractivity contribution >= 4 is 10.8 Å². The van der Waals surface area contributed by atoms with E-state index in [1.54, 1.807) is 0 Å². The van der Waals surface area contributed by atoms with Crippen molar-refractivity contribution in [3.8, 4) is 0 Å². The maximum absolute atomic E-state index is 11.8. The summed E-state index contributed by atoms with van der Waals surface area (Å²) >= 11 is 0. The number of rotatable bonds is 4. The lowest BCUT2D eigenvalue weighted by Gasteiger charge is -2.35. The molecular formula is C12H20O2S. The second-order valence-corrected chi connectivity index (χ2v) is 6.95. The molecule has 3 heteroatoms. The average Bonchev–Trinajstić information content (AvgIpc) is 2.44. The second kappa shape index (κ2) is 4.38. The summed E-state index contributed by atoms with van der Waals surface area (Å²) in [5, 5.41) is 11.0. The van der Waals surface area contributed by atoms with Gasteiger partial charge < -0.3 is 5.11 Å². The van der Waals surface area contributed by atoms with Gasteiger partial charge in [-0.1, -0.05) is 6.08 Å². The highest BCUT2D eigenvalue weighted by Crippen LogP contribution is 2.42. The van der Waals surface area contributed by atoms with Gasteiger partial charge in [-0.2, -0.15) is 0 Å². The van der Waals surface area contributed by atoms with Crippen LogP contribution in [-0.4, -0.2) is 25.4 Å². The summed E-state index contributed by atoms with van der Waals surface area (Å²) in [5.74, 6) is 0. The monoisotopic (exact) mass is 228 g/mol. The predicted octanol–water partition coefficient (Wildman–Crippen LogP) is 2.15. The van der Waals surface area contributed by atoms with Crippen molar-refractivity contribution < 1.29 is 9.32 Å². The third-order valence-electron chi connectivity index (χ3n) is 3.73. The van der Waals surface area contributed by atoms with Crippen molar-refractivity contribution in [2.75, 3.05) is 0 Å². The van der Waals surface area contributed by atoms with E-state index in [1.807, 2.05) is 6.08 Å². The van der Waals surface area contributed by atoms with Crippen molar-refractivity contribution in [1.29, 1.82) is 0 Å². The van der Waals surface area contributed by atoms with Crippen molar-refractivity contribution in [1.82, 2.24) is 0 Å². The number of hydrogen-bond donors (Lipinski definition) is 1. The first kappa shape index (κ1) is 11.3. The summed E-state index contributed by atoms with van der Waals surface area (Å²) in [5.41, 5.74) is -0.525. The topological polar surface area (TPSA) is 37.3 Å². The summed E-state index contributed by atoms with van der Waals surface area (Å²) in [7, 11) is -0.653. The van der Waals surface area contributed by atoms with E-state index in [0.717, 1.165) is 44.9 Å². The molecule has 0 aromatic carbocycles. The molecule has 2 aliphatic rings. The number of allylic oxidation sites excluding steroid dienone is 1. The van der Waals surface area contributed by atoms with E-state index in [9.17, 15) is 9.32 Å². The zero-order valence-electron chi connectivity index (χ0n) is 9.15. The van der Waals surface area contributed by atoms with Gasteiger partial charge in [-0.15, -0.1) is 6.58 Å². The van der Waals surface area contributed by atoms with Gasteiger partial charge in [-0.05, 0) is 44.9 Å². The van der Waals surface area contributed by atoms with Gasteiger partial charge >= 0.3 is 0 Å². The van der Waals surface area contributed by atoms with Gasteiger partial charge in [0.1, 0.15) is 0 Å². The molecule has 0 aromatic rings. The Kier molecular flexibility index (Phi) is 3.31. The number of unbranched alkanes of at least 4 members (excludes halogenated alkanes) is 1. The maximum Gasteiger partial charge on any atom is 0.0670 e. The molecule has 0 amide bonds. The minimum Gasteiger partial charge on any atom is -0.390 e. The molecule has 15 heavy (non-hydrogen) atoms. The molecule has 2 unspecified atom stereocenters. The Morgan fingerprint density at radius 3 is 2.53 bits per heavy atom. The first-order chi connectivity index (χ1) is 7.14. The molecule has 2 bridgehead atoms. The van der Waals surface area contributed by atoms with Crippen LogP contribution in [0.3, 0.4) is 0 Å². The molecule has 2 nitrogen and oxygen atoms in total. The van der Waals surface area contributed by atoms with E-state index < -0.39 is 16.4 Å². The third-order valence-corrected chi connectivity index (χ3v) is 5.85. The highest BCUT2D eigenvalue weighted by atomic mass is 32.2. The van der Waals surface area contributed by atoms with E-state index in [1.165, 1.54) is 0 Å². The van der Waals surface area contributed by atoms with Crippen molar-refractivity contribution in [2.45, 2.75) is 61.0 Å². The van der Waals surface area contributed by atoms with Crippen LogP contribution in [0, 0.1) is 0 Å². The molecule has 2 saturated heterocycles. The molecule has 0 saturated carbocycles. The summed E-state index contributed by atoms with van der Waals surface area (Å²) in [4.78, 5) is 0. The lowest BCUT2D eigenvalue weighted by atomic mass is 9.88. The minimum atomic E-state index is -0.653. The van der Waals surface area contributed by atoms with Gasteiger partial charge in [0.25, 0.3) is 0 Å². The fourth-order valence-electron chi connectivity index (χ4n) is 2.96. The van der Waals surface area contributed by atoms with E-state index in [-0.39, 0.29) is 10.5 Å². The SMILES string of the molecule is C=CCCCC1(O)CC2CCC(C1)S2=O. The van der Waals surface area contributed by atoms with Crippen LogP contribution in [0.1, 0.15) is 44.9 Å². The fraction of sp³-hybridized carbons (Fsp3) is 0.833. The lowest BCUT2D eigenvalue weighted by molar-refractivity contribution is 0.0127. The predicted molar refractivity (Wildman–Crippen MR) is 63.2 cm³/mol. The average molecular weight is 228 g/mol. The molecule has 0 aromatic heterocycles. The number of hydrogen-bond acceptors (Lipinski definition) is 2.